The third-order valence-corrected chi connectivity index (χ3v) is 13.5. The molecule has 4 aromatic carbocycles. The number of nitrogens with zero attached hydrogens (tertiary/aromatic N) is 6. The van der Waals surface area contributed by atoms with Gasteiger partial charge in [0.1, 0.15) is 11.1 Å². The van der Waals surface area contributed by atoms with E-state index in [1.807, 2.05) is 48.5 Å². The van der Waals surface area contributed by atoms with Crippen LogP contribution in [-0.2, 0) is 61.7 Å². The van der Waals surface area contributed by atoms with Gasteiger partial charge in [-0.25, -0.2) is 28.2 Å². The van der Waals surface area contributed by atoms with Gasteiger partial charge in [0.25, 0.3) is 20.9 Å². The molecule has 6 aromatic rings. The van der Waals surface area contributed by atoms with Gasteiger partial charge in [0.2, 0.25) is 11.9 Å². The topological polar surface area (TPSA) is 145 Å². The Morgan fingerprint density at radius 3 is 1.35 bits per heavy atom. The third kappa shape index (κ3) is 10.8. The number of amides is 2. The minimum Gasteiger partial charge on any atom is -1.00 e. The van der Waals surface area contributed by atoms with Crippen LogP contribution in [0, 0.1) is 0 Å². The molecule has 0 spiro atoms. The van der Waals surface area contributed by atoms with E-state index in [1.54, 1.807) is 44.2 Å². The first kappa shape index (κ1) is 55.1. The molecule has 0 N–H and O–H groups in total. The molecule has 12 nitrogen and oxygen atoms in total. The molecular weight excluding hydrogens is 1170 g/mol. The molecule has 0 radical (unpaired) electrons. The van der Waals surface area contributed by atoms with Crippen molar-refractivity contribution < 1.29 is 43.4 Å². The Labute approximate surface area is 434 Å². The summed E-state index contributed by atoms with van der Waals surface area (Å²) in [5.74, 6) is -0.383. The van der Waals surface area contributed by atoms with Crippen molar-refractivity contribution in [2.24, 2.45) is 0 Å². The number of carbonyl (C=O) groups is 2. The van der Waals surface area contributed by atoms with E-state index in [4.69, 9.17) is 57.1 Å². The van der Waals surface area contributed by atoms with Crippen LogP contribution < -0.4 is 26.8 Å². The van der Waals surface area contributed by atoms with Crippen molar-refractivity contribution in [2.75, 3.05) is 9.80 Å². The van der Waals surface area contributed by atoms with Crippen molar-refractivity contribution in [1.29, 1.82) is 0 Å². The van der Waals surface area contributed by atoms with Crippen LogP contribution in [0.25, 0.3) is 0 Å². The Hall–Kier alpha value is -2.20. The normalized spacial score (nSPS) is 17.4. The fraction of sp³-hybridized carbons (Fsp3) is 0.200. The summed E-state index contributed by atoms with van der Waals surface area (Å²) < 4.78 is 52.7. The van der Waals surface area contributed by atoms with Crippen LogP contribution in [0.2, 0.25) is 20.1 Å². The van der Waals surface area contributed by atoms with Crippen LogP contribution in [0.4, 0.5) is 23.3 Å². The van der Waals surface area contributed by atoms with Crippen molar-refractivity contribution in [3.63, 3.8) is 0 Å². The number of benzene rings is 4. The first-order chi connectivity index (χ1) is 27.7. The molecule has 2 aliphatic heterocycles. The number of carbonyl (C=O) groups excluding carboxylic acids is 2. The summed E-state index contributed by atoms with van der Waals surface area (Å²) in [5.41, 5.74) is -0.00489. The number of imidazole rings is 2. The molecule has 0 saturated heterocycles. The van der Waals surface area contributed by atoms with Crippen LogP contribution in [0.3, 0.4) is 0 Å². The molecule has 330 valence electrons. The molecule has 0 saturated carbocycles. The Bertz CT molecular complexity index is 2840. The maximum absolute atomic E-state index is 13.7. The number of hydrogen-bond acceptors (Lipinski definition) is 9. The van der Waals surface area contributed by atoms with Crippen molar-refractivity contribution >= 4 is 167 Å². The van der Waals surface area contributed by atoms with E-state index in [9.17, 15) is 26.4 Å². The zero-order valence-electron chi connectivity index (χ0n) is 31.3. The van der Waals surface area contributed by atoms with Crippen molar-refractivity contribution in [3.05, 3.63) is 137 Å². The van der Waals surface area contributed by atoms with Crippen molar-refractivity contribution in [1.82, 2.24) is 19.1 Å². The summed E-state index contributed by atoms with van der Waals surface area (Å²) in [4.78, 5) is 38.3. The molecule has 4 heterocycles. The maximum Gasteiger partial charge on any atom is 2.00 e. The fourth-order valence-corrected chi connectivity index (χ4v) is 10.3. The smallest absolute Gasteiger partial charge is 1.00 e. The second-order valence-electron chi connectivity index (χ2n) is 13.8. The summed E-state index contributed by atoms with van der Waals surface area (Å²) in [5, 5.41) is 1.04. The maximum atomic E-state index is 13.7. The van der Waals surface area contributed by atoms with E-state index in [-0.39, 0.29) is 101 Å². The minimum atomic E-state index is -4.17. The van der Waals surface area contributed by atoms with Crippen LogP contribution in [0.15, 0.2) is 116 Å². The van der Waals surface area contributed by atoms with E-state index in [0.717, 1.165) is 26.3 Å². The molecule has 0 bridgehead atoms. The van der Waals surface area contributed by atoms with Gasteiger partial charge in [-0.3, -0.25) is 14.2 Å². The SMILES string of the molecule is C.C.C[C@@]1(Cc2ccc(Br)cc2)C(=O)N(c2cc(Cl)cc(Cl)c2)c2ncc(S(=O)(=O)Cl)n21.C[C@@]1(Cc2ccc(Br)cc2)C(=O)N(c2cc(Cl)cc(Cl)c2)c2ncc([S-](=O)=O)n21.[Br-].[Mg+2]. The molecule has 2 amide bonds. The molecule has 63 heavy (non-hydrogen) atoms. The Morgan fingerprint density at radius 1 is 0.635 bits per heavy atom. The van der Waals surface area contributed by atoms with Gasteiger partial charge in [0, 0.05) is 63.8 Å². The number of anilines is 4. The summed E-state index contributed by atoms with van der Waals surface area (Å²) >= 11 is 31.3. The van der Waals surface area contributed by atoms with Gasteiger partial charge in [0.05, 0.1) is 17.6 Å². The number of fused-ring (bicyclic) bond motifs is 2. The second kappa shape index (κ2) is 21.2. The van der Waals surface area contributed by atoms with E-state index in [2.05, 4.69) is 41.8 Å². The Morgan fingerprint density at radius 2 is 0.984 bits per heavy atom. The minimum absolute atomic E-state index is 0. The molecule has 2 aromatic heterocycles. The molecule has 0 unspecified atom stereocenters. The predicted molar refractivity (Wildman–Crippen MR) is 254 cm³/mol. The fourth-order valence-electron chi connectivity index (χ4n) is 7.15. The van der Waals surface area contributed by atoms with E-state index in [0.29, 0.717) is 31.5 Å². The zero-order valence-corrected chi connectivity index (χ0v) is 42.9. The van der Waals surface area contributed by atoms with Gasteiger partial charge >= 0.3 is 23.1 Å². The Balaban J connectivity index is 0.000000315. The molecule has 2 atom stereocenters. The van der Waals surface area contributed by atoms with Gasteiger partial charge in [-0.1, -0.05) is 117 Å². The van der Waals surface area contributed by atoms with Gasteiger partial charge < -0.3 is 30.0 Å². The van der Waals surface area contributed by atoms with Gasteiger partial charge in [-0.05, 0) is 96.3 Å². The molecule has 0 fully saturated rings. The van der Waals surface area contributed by atoms with Gasteiger partial charge in [-0.15, -0.1) is 0 Å². The molecular formula is C40H34Br3Cl5MgN6O6S2. The number of halogens is 8. The van der Waals surface area contributed by atoms with Gasteiger partial charge in [0.15, 0.2) is 5.03 Å². The average Bonchev–Trinajstić information content (AvgIpc) is 3.88. The van der Waals surface area contributed by atoms with E-state index in [1.165, 1.54) is 31.2 Å². The number of hydrogen-bond donors (Lipinski definition) is 0. The number of aromatic nitrogens is 4. The summed E-state index contributed by atoms with van der Waals surface area (Å²) in [6.07, 6.45) is 2.87. The van der Waals surface area contributed by atoms with Crippen LogP contribution in [0.1, 0.15) is 39.8 Å². The zero-order chi connectivity index (χ0) is 42.8. The van der Waals surface area contributed by atoms with Crippen LogP contribution >= 0.6 is 88.9 Å². The molecule has 8 rings (SSSR count). The molecule has 23 heteroatoms. The van der Waals surface area contributed by atoms with E-state index >= 15 is 0 Å². The standard InChI is InChI=1S/C19H13BrCl3N3O3S.C19H13BrCl2N3O3S.2CH4.BrH.Mg/c1-19(9-11-2-4-12(20)5-3-11)17(27)25(15-7-13(21)6-14(22)8-15)18-24-10-16(26(18)19)30(23,28)29;1-19(9-11-2-4-12(20)5-3-11)17(26)24(15-7-13(21)6-14(22)8-15)18-23-10-16(25(18)19)29(27)28;;;;/h2-8,10H,9H2,1H3;2-8,10H,9H2,1H3;2*1H4;1H;/q;-1;;;;+2/p-1/t2*19-;;;;/m11..../s1. The largest absolute Gasteiger partial charge is 2.00 e. The summed E-state index contributed by atoms with van der Waals surface area (Å²) in [7, 11) is -1.08. The first-order valence-corrected chi connectivity index (χ1v) is 23.5. The monoisotopic (exact) mass is 1190 g/mol. The first-order valence-electron chi connectivity index (χ1n) is 17.0. The molecule has 2 aliphatic rings. The van der Waals surface area contributed by atoms with E-state index < -0.39 is 30.8 Å². The third-order valence-electron chi connectivity index (χ3n) is 9.69. The van der Waals surface area contributed by atoms with Crippen LogP contribution in [-0.4, -0.2) is 62.4 Å². The second-order valence-corrected chi connectivity index (χ2v) is 20.8. The number of rotatable bonds is 8. The molecule has 0 aliphatic carbocycles. The summed E-state index contributed by atoms with van der Waals surface area (Å²) in [6, 6.07) is 24.3. The average molecular weight is 1200 g/mol. The Kier molecular flexibility index (Phi) is 18.5. The van der Waals surface area contributed by atoms with Gasteiger partial charge in [-0.2, -0.15) is 0 Å². The van der Waals surface area contributed by atoms with Crippen LogP contribution in [0.5, 0.6) is 0 Å². The summed E-state index contributed by atoms with van der Waals surface area (Å²) in [6.45, 7) is 3.35. The van der Waals surface area contributed by atoms with Crippen molar-refractivity contribution in [2.45, 2.75) is 62.7 Å². The van der Waals surface area contributed by atoms with Crippen molar-refractivity contribution in [3.8, 4) is 0 Å². The quantitative estimate of drug-likeness (QED) is 0.0837. The predicted octanol–water partition coefficient (Wildman–Crippen LogP) is 8.67.